The van der Waals surface area contributed by atoms with Crippen LogP contribution in [0.3, 0.4) is 0 Å². The number of amides is 1. The largest absolute Gasteiger partial charge is 0.506 e. The summed E-state index contributed by atoms with van der Waals surface area (Å²) in [6, 6.07) is 23.1. The van der Waals surface area contributed by atoms with Gasteiger partial charge in [0, 0.05) is 31.2 Å². The van der Waals surface area contributed by atoms with E-state index < -0.39 is 10.1 Å². The molecule has 4 aromatic carbocycles. The minimum atomic E-state index is -4.09. The average molecular weight is 771 g/mol. The van der Waals surface area contributed by atoms with Crippen LogP contribution in [0.5, 0.6) is 5.75 Å². The van der Waals surface area contributed by atoms with Crippen molar-refractivity contribution in [1.82, 2.24) is 20.1 Å². The van der Waals surface area contributed by atoms with Gasteiger partial charge in [0.15, 0.2) is 0 Å². The molecule has 5 rings (SSSR count). The molecule has 0 aliphatic rings. The highest BCUT2D eigenvalue weighted by atomic mass is 35.5. The summed E-state index contributed by atoms with van der Waals surface area (Å²) in [7, 11) is -4.09. The molecule has 0 fully saturated rings. The second kappa shape index (κ2) is 20.4. The highest BCUT2D eigenvalue weighted by Crippen LogP contribution is 2.28. The van der Waals surface area contributed by atoms with E-state index >= 15 is 0 Å². The maximum absolute atomic E-state index is 13.0. The van der Waals surface area contributed by atoms with Gasteiger partial charge in [0.25, 0.3) is 10.1 Å². The van der Waals surface area contributed by atoms with Crippen LogP contribution in [0.2, 0.25) is 5.02 Å². The van der Waals surface area contributed by atoms with Gasteiger partial charge in [-0.2, -0.15) is 8.42 Å². The number of likely N-dealkylation sites (N-methyl/N-ethyl adjacent to an activating group) is 1. The van der Waals surface area contributed by atoms with Gasteiger partial charge in [-0.15, -0.1) is 0 Å². The Morgan fingerprint density at radius 1 is 0.904 bits per heavy atom. The summed E-state index contributed by atoms with van der Waals surface area (Å²) in [5, 5.41) is 15.9. The zero-order valence-corrected chi connectivity index (χ0v) is 31.9. The van der Waals surface area contributed by atoms with E-state index in [1.54, 1.807) is 18.2 Å². The summed E-state index contributed by atoms with van der Waals surface area (Å²) in [5.74, 6) is 0.185. The number of aromatic hydroxyl groups is 1. The second-order valence-electron chi connectivity index (χ2n) is 12.1. The first-order valence-corrected chi connectivity index (χ1v) is 19.9. The molecule has 1 heterocycles. The van der Waals surface area contributed by atoms with Gasteiger partial charge in [0.1, 0.15) is 11.3 Å². The Bertz CT molecular complexity index is 2070. The molecule has 0 aliphatic carbocycles. The number of carbonyl (C=O) groups is 1. The maximum Gasteiger partial charge on any atom is 0.305 e. The summed E-state index contributed by atoms with van der Waals surface area (Å²) in [5.41, 5.74) is 2.63. The first-order valence-electron chi connectivity index (χ1n) is 17.3. The average Bonchev–Trinajstić information content (AvgIpc) is 3.53. The molecule has 0 spiro atoms. The number of nitrogens with zero attached hydrogens (tertiary/aromatic N) is 2. The fraction of sp³-hybridized carbons (Fsp3) is 0.368. The second-order valence-corrected chi connectivity index (χ2v) is 14.9. The number of aromatic amines is 1. The van der Waals surface area contributed by atoms with Crippen molar-refractivity contribution in [2.75, 3.05) is 59.0 Å². The Balaban J connectivity index is 0.000000358. The molecular weight excluding hydrogens is 724 g/mol. The van der Waals surface area contributed by atoms with Gasteiger partial charge in [-0.25, -0.2) is 0 Å². The number of carbonyl (C=O) groups excluding carboxylic acids is 1. The van der Waals surface area contributed by atoms with E-state index in [0.29, 0.717) is 56.4 Å². The van der Waals surface area contributed by atoms with Crippen LogP contribution in [-0.4, -0.2) is 97.8 Å². The molecule has 14 heteroatoms. The molecule has 0 saturated heterocycles. The number of ether oxygens (including phenoxy) is 1. The molecule has 0 bridgehead atoms. The normalized spacial score (nSPS) is 11.6. The quantitative estimate of drug-likeness (QED) is 0.0623. The summed E-state index contributed by atoms with van der Waals surface area (Å²) in [6.45, 7) is 10.6. The number of halogens is 1. The van der Waals surface area contributed by atoms with Crippen molar-refractivity contribution in [1.29, 1.82) is 0 Å². The standard InChI is InChI=1S/C28H39ClN4O4S.C10H8O3S/c1-3-32(4-2)16-17-33(25(35)12-19-37-18-11-21-6-5-7-23(29)20-21)15-14-30-13-10-22-8-9-24(34)26-27(22)38-28(36)31-26;11-14(12,13)10-6-5-8-3-1-2-4-9(8)7-10/h5-9,20,30,34H,3-4,10-19H2,1-2H3,(H,31,36);1-7H,(H,11,12,13). The number of hydrogen-bond donors (Lipinski definition) is 4. The van der Waals surface area contributed by atoms with Crippen LogP contribution in [0.4, 0.5) is 0 Å². The molecule has 0 atom stereocenters. The minimum Gasteiger partial charge on any atom is -0.506 e. The fourth-order valence-corrected chi connectivity index (χ4v) is 7.25. The summed E-state index contributed by atoms with van der Waals surface area (Å²) in [4.78, 5) is 31.4. The Kier molecular flexibility index (Phi) is 16.1. The van der Waals surface area contributed by atoms with Crippen LogP contribution in [0.25, 0.3) is 21.0 Å². The van der Waals surface area contributed by atoms with E-state index in [2.05, 4.69) is 29.0 Å². The molecule has 1 aromatic heterocycles. The Hall–Kier alpha value is -3.82. The van der Waals surface area contributed by atoms with Crippen LogP contribution in [-0.2, 0) is 32.5 Å². The maximum atomic E-state index is 13.0. The minimum absolute atomic E-state index is 0.0730. The van der Waals surface area contributed by atoms with Gasteiger partial charge in [-0.3, -0.25) is 14.1 Å². The molecule has 1 amide bonds. The monoisotopic (exact) mass is 770 g/mol. The molecule has 11 nitrogen and oxygen atoms in total. The Labute approximate surface area is 313 Å². The predicted molar refractivity (Wildman–Crippen MR) is 209 cm³/mol. The summed E-state index contributed by atoms with van der Waals surface area (Å²) in [6.07, 6.45) is 1.83. The third-order valence-corrected chi connectivity index (χ3v) is 10.6. The lowest BCUT2D eigenvalue weighted by atomic mass is 10.1. The van der Waals surface area contributed by atoms with Crippen molar-refractivity contribution >= 4 is 60.0 Å². The van der Waals surface area contributed by atoms with Gasteiger partial charge in [0.2, 0.25) is 5.91 Å². The molecule has 4 N–H and O–H groups in total. The molecule has 280 valence electrons. The van der Waals surface area contributed by atoms with E-state index in [0.717, 1.165) is 70.4 Å². The lowest BCUT2D eigenvalue weighted by Crippen LogP contribution is -2.42. The lowest BCUT2D eigenvalue weighted by molar-refractivity contribution is -0.132. The SMILES string of the molecule is CCN(CC)CCN(CCNCCc1ccc(O)c2[nH]c(=O)sc12)C(=O)CCOCCc1cccc(Cl)c1.O=S(=O)(O)c1ccc2ccccc2c1. The highest BCUT2D eigenvalue weighted by Gasteiger charge is 2.15. The van der Waals surface area contributed by atoms with Crippen molar-refractivity contribution in [3.05, 3.63) is 105 Å². The van der Waals surface area contributed by atoms with Crippen molar-refractivity contribution in [3.63, 3.8) is 0 Å². The van der Waals surface area contributed by atoms with Crippen LogP contribution < -0.4 is 10.2 Å². The number of aromatic nitrogens is 1. The zero-order valence-electron chi connectivity index (χ0n) is 29.5. The number of phenols is 1. The predicted octanol–water partition coefficient (Wildman–Crippen LogP) is 5.99. The number of hydrogen-bond acceptors (Lipinski definition) is 9. The first-order chi connectivity index (χ1) is 25.0. The molecule has 0 aliphatic heterocycles. The van der Waals surface area contributed by atoms with Gasteiger partial charge in [-0.1, -0.05) is 85.3 Å². The third-order valence-electron chi connectivity index (χ3n) is 8.61. The number of fused-ring (bicyclic) bond motifs is 2. The van der Waals surface area contributed by atoms with Gasteiger partial charge in [0.05, 0.1) is 29.2 Å². The molecule has 0 saturated carbocycles. The zero-order chi connectivity index (χ0) is 37.5. The lowest BCUT2D eigenvalue weighted by Gasteiger charge is -2.27. The van der Waals surface area contributed by atoms with Crippen LogP contribution in [0.1, 0.15) is 31.4 Å². The highest BCUT2D eigenvalue weighted by molar-refractivity contribution is 7.85. The van der Waals surface area contributed by atoms with Crippen LogP contribution >= 0.6 is 22.9 Å². The van der Waals surface area contributed by atoms with Crippen LogP contribution in [0.15, 0.2) is 88.6 Å². The Morgan fingerprint density at radius 2 is 1.67 bits per heavy atom. The van der Waals surface area contributed by atoms with Crippen molar-refractivity contribution in [2.45, 2.75) is 38.0 Å². The summed E-state index contributed by atoms with van der Waals surface area (Å²) >= 11 is 7.15. The third kappa shape index (κ3) is 12.7. The van der Waals surface area contributed by atoms with Gasteiger partial charge < -0.3 is 29.9 Å². The van der Waals surface area contributed by atoms with Crippen molar-refractivity contribution in [2.24, 2.45) is 0 Å². The van der Waals surface area contributed by atoms with E-state index in [4.69, 9.17) is 20.9 Å². The first kappa shape index (κ1) is 40.9. The molecule has 0 unspecified atom stereocenters. The van der Waals surface area contributed by atoms with Crippen LogP contribution in [0, 0.1) is 0 Å². The fourth-order valence-electron chi connectivity index (χ4n) is 5.63. The Morgan fingerprint density at radius 3 is 2.40 bits per heavy atom. The van der Waals surface area contributed by atoms with Crippen molar-refractivity contribution in [3.8, 4) is 5.75 Å². The number of rotatable bonds is 18. The van der Waals surface area contributed by atoms with E-state index in [1.165, 1.54) is 12.1 Å². The van der Waals surface area contributed by atoms with Crippen molar-refractivity contribution < 1.29 is 27.6 Å². The van der Waals surface area contributed by atoms with E-state index in [-0.39, 0.29) is 21.4 Å². The van der Waals surface area contributed by atoms with E-state index in [1.807, 2.05) is 53.4 Å². The topological polar surface area (TPSA) is 152 Å². The number of thiazole rings is 1. The number of H-pyrrole nitrogens is 1. The molecule has 52 heavy (non-hydrogen) atoms. The smallest absolute Gasteiger partial charge is 0.305 e. The molecule has 5 aromatic rings. The van der Waals surface area contributed by atoms with Gasteiger partial charge >= 0.3 is 4.87 Å². The number of nitrogens with one attached hydrogen (secondary N) is 2. The molecular formula is C38H47ClN4O7S2. The summed E-state index contributed by atoms with van der Waals surface area (Å²) < 4.78 is 37.0. The van der Waals surface area contributed by atoms with Gasteiger partial charge in [-0.05, 0) is 84.7 Å². The molecule has 0 radical (unpaired) electrons. The van der Waals surface area contributed by atoms with E-state index in [9.17, 15) is 23.1 Å². The number of phenolic OH excluding ortho intramolecular Hbond substituents is 1. The number of benzene rings is 4.